The molecule has 0 radical (unpaired) electrons. The molecule has 0 fully saturated rings. The van der Waals surface area contributed by atoms with Gasteiger partial charge in [-0.15, -0.1) is 0 Å². The van der Waals surface area contributed by atoms with Gasteiger partial charge in [-0.3, -0.25) is 0 Å². The number of hydrogen-bond donors (Lipinski definition) is 1. The molecule has 2 rings (SSSR count). The first kappa shape index (κ1) is 14.1. The first-order valence-corrected chi connectivity index (χ1v) is 7.31. The van der Waals surface area contributed by atoms with E-state index in [-0.39, 0.29) is 0 Å². The first-order chi connectivity index (χ1) is 9.17. The van der Waals surface area contributed by atoms with E-state index in [2.05, 4.69) is 45.1 Å². The molecule has 0 unspecified atom stereocenters. The van der Waals surface area contributed by atoms with E-state index in [1.807, 2.05) is 13.0 Å². The maximum absolute atomic E-state index is 5.44. The van der Waals surface area contributed by atoms with Gasteiger partial charge >= 0.3 is 0 Å². The third-order valence-electron chi connectivity index (χ3n) is 2.93. The van der Waals surface area contributed by atoms with Crippen LogP contribution in [0.25, 0.3) is 11.6 Å². The Morgan fingerprint density at radius 3 is 2.68 bits per heavy atom. The second-order valence-corrected chi connectivity index (χ2v) is 5.19. The molecule has 0 aliphatic carbocycles. The summed E-state index contributed by atoms with van der Waals surface area (Å²) in [6, 6.07) is 1.85. The fourth-order valence-corrected chi connectivity index (χ4v) is 2.34. The number of hydrogen-bond acceptors (Lipinski definition) is 4. The van der Waals surface area contributed by atoms with Crippen LogP contribution in [0.3, 0.4) is 0 Å². The third kappa shape index (κ3) is 2.97. The van der Waals surface area contributed by atoms with Gasteiger partial charge in [0.2, 0.25) is 0 Å². The average Bonchev–Trinajstić information content (AvgIpc) is 2.82. The Balaban J connectivity index is 2.47. The smallest absolute Gasteiger partial charge is 0.199 e. The number of anilines is 1. The Labute approximate surface area is 121 Å². The Kier molecular flexibility index (Phi) is 4.58. The molecule has 2 aromatic heterocycles. The van der Waals surface area contributed by atoms with Gasteiger partial charge in [0.25, 0.3) is 0 Å². The first-order valence-electron chi connectivity index (χ1n) is 6.52. The van der Waals surface area contributed by atoms with Crippen molar-refractivity contribution >= 4 is 21.7 Å². The van der Waals surface area contributed by atoms with E-state index in [9.17, 15) is 0 Å². The highest BCUT2D eigenvalue weighted by Crippen LogP contribution is 2.29. The highest BCUT2D eigenvalue weighted by molar-refractivity contribution is 9.10. The number of nitrogens with one attached hydrogen (secondary N) is 1. The lowest BCUT2D eigenvalue weighted by molar-refractivity contribution is 0.575. The predicted octanol–water partition coefficient (Wildman–Crippen LogP) is 4.19. The summed E-state index contributed by atoms with van der Waals surface area (Å²) in [5, 5.41) is 3.37. The Hall–Kier alpha value is -1.36. The van der Waals surface area contributed by atoms with Crippen molar-refractivity contribution in [1.29, 1.82) is 0 Å². The molecule has 0 amide bonds. The molecular weight excluding hydrogens is 306 g/mol. The van der Waals surface area contributed by atoms with Gasteiger partial charge in [-0.1, -0.05) is 13.8 Å². The molecule has 0 aliphatic rings. The average molecular weight is 324 g/mol. The monoisotopic (exact) mass is 323 g/mol. The van der Waals surface area contributed by atoms with Crippen molar-refractivity contribution in [2.45, 2.75) is 33.6 Å². The molecule has 0 spiro atoms. The Morgan fingerprint density at radius 2 is 2.11 bits per heavy atom. The van der Waals surface area contributed by atoms with Crippen molar-refractivity contribution < 1.29 is 4.42 Å². The molecular formula is C14H18BrN3O. The molecule has 0 aromatic carbocycles. The van der Waals surface area contributed by atoms with Gasteiger partial charge in [-0.25, -0.2) is 9.97 Å². The summed E-state index contributed by atoms with van der Waals surface area (Å²) in [5.41, 5.74) is 2.16. The Bertz CT molecular complexity index is 566. The molecule has 19 heavy (non-hydrogen) atoms. The minimum absolute atomic E-state index is 0.616. The van der Waals surface area contributed by atoms with E-state index < -0.39 is 0 Å². The fourth-order valence-electron chi connectivity index (χ4n) is 1.96. The van der Waals surface area contributed by atoms with Gasteiger partial charge in [-0.2, -0.15) is 0 Å². The quantitative estimate of drug-likeness (QED) is 0.896. The minimum Gasteiger partial charge on any atom is -0.460 e. The van der Waals surface area contributed by atoms with E-state index in [0.29, 0.717) is 11.6 Å². The number of rotatable bonds is 5. The van der Waals surface area contributed by atoms with Crippen molar-refractivity contribution in [3.05, 3.63) is 28.1 Å². The summed E-state index contributed by atoms with van der Waals surface area (Å²) >= 11 is 3.45. The number of aryl methyl sites for hydroxylation is 1. The number of furan rings is 1. The lowest BCUT2D eigenvalue weighted by Crippen LogP contribution is -2.09. The van der Waals surface area contributed by atoms with Gasteiger partial charge in [0.05, 0.1) is 10.7 Å². The predicted molar refractivity (Wildman–Crippen MR) is 80.3 cm³/mol. The van der Waals surface area contributed by atoms with Crippen LogP contribution in [-0.2, 0) is 6.42 Å². The second-order valence-electron chi connectivity index (χ2n) is 4.34. The minimum atomic E-state index is 0.616. The van der Waals surface area contributed by atoms with E-state index in [0.717, 1.165) is 35.4 Å². The van der Waals surface area contributed by atoms with Crippen LogP contribution < -0.4 is 5.32 Å². The third-order valence-corrected chi connectivity index (χ3v) is 3.55. The van der Waals surface area contributed by atoms with Crippen LogP contribution in [-0.4, -0.2) is 16.5 Å². The standard InChI is InChI=1S/C14H18BrN3O/c1-4-7-16-13-10(5-2)9(3)17-14(18-13)12-11(15)6-8-19-12/h6,8H,4-5,7H2,1-3H3,(H,16,17,18). The maximum Gasteiger partial charge on any atom is 0.199 e. The van der Waals surface area contributed by atoms with Crippen molar-refractivity contribution in [3.8, 4) is 11.6 Å². The summed E-state index contributed by atoms with van der Waals surface area (Å²) in [4.78, 5) is 9.14. The zero-order valence-corrected chi connectivity index (χ0v) is 13.0. The zero-order chi connectivity index (χ0) is 13.8. The molecule has 2 heterocycles. The highest BCUT2D eigenvalue weighted by Gasteiger charge is 2.15. The Morgan fingerprint density at radius 1 is 1.32 bits per heavy atom. The summed E-state index contributed by atoms with van der Waals surface area (Å²) in [5.74, 6) is 2.20. The van der Waals surface area contributed by atoms with Gasteiger partial charge in [0.15, 0.2) is 11.6 Å². The lowest BCUT2D eigenvalue weighted by atomic mass is 10.1. The normalized spacial score (nSPS) is 10.7. The van der Waals surface area contributed by atoms with Crippen molar-refractivity contribution in [1.82, 2.24) is 9.97 Å². The molecule has 1 N–H and O–H groups in total. The van der Waals surface area contributed by atoms with Crippen LogP contribution in [0.15, 0.2) is 21.2 Å². The van der Waals surface area contributed by atoms with Crippen LogP contribution in [0.5, 0.6) is 0 Å². The molecule has 0 atom stereocenters. The van der Waals surface area contributed by atoms with Crippen LogP contribution in [0, 0.1) is 6.92 Å². The topological polar surface area (TPSA) is 51.0 Å². The summed E-state index contributed by atoms with van der Waals surface area (Å²) in [7, 11) is 0. The maximum atomic E-state index is 5.44. The molecule has 0 aliphatic heterocycles. The van der Waals surface area contributed by atoms with Crippen molar-refractivity contribution in [2.75, 3.05) is 11.9 Å². The molecule has 5 heteroatoms. The highest BCUT2D eigenvalue weighted by atomic mass is 79.9. The molecule has 4 nitrogen and oxygen atoms in total. The number of aromatic nitrogens is 2. The number of halogens is 1. The van der Waals surface area contributed by atoms with E-state index in [1.165, 1.54) is 5.56 Å². The van der Waals surface area contributed by atoms with Gasteiger partial charge in [-0.05, 0) is 41.8 Å². The van der Waals surface area contributed by atoms with E-state index in [1.54, 1.807) is 6.26 Å². The molecule has 2 aromatic rings. The van der Waals surface area contributed by atoms with Crippen LogP contribution in [0.4, 0.5) is 5.82 Å². The zero-order valence-electron chi connectivity index (χ0n) is 11.5. The second kappa shape index (κ2) is 6.19. The molecule has 0 saturated carbocycles. The summed E-state index contributed by atoms with van der Waals surface area (Å²) < 4.78 is 6.31. The van der Waals surface area contributed by atoms with E-state index in [4.69, 9.17) is 4.42 Å². The molecule has 0 bridgehead atoms. The number of nitrogens with zero attached hydrogens (tertiary/aromatic N) is 2. The largest absolute Gasteiger partial charge is 0.460 e. The molecule has 0 saturated heterocycles. The van der Waals surface area contributed by atoms with Crippen LogP contribution in [0.2, 0.25) is 0 Å². The van der Waals surface area contributed by atoms with Crippen LogP contribution in [0.1, 0.15) is 31.5 Å². The summed E-state index contributed by atoms with van der Waals surface area (Å²) in [6.07, 6.45) is 3.61. The van der Waals surface area contributed by atoms with Crippen molar-refractivity contribution in [3.63, 3.8) is 0 Å². The summed E-state index contributed by atoms with van der Waals surface area (Å²) in [6.45, 7) is 7.17. The van der Waals surface area contributed by atoms with Gasteiger partial charge in [0.1, 0.15) is 5.82 Å². The van der Waals surface area contributed by atoms with Crippen molar-refractivity contribution in [2.24, 2.45) is 0 Å². The lowest BCUT2D eigenvalue weighted by Gasteiger charge is -2.12. The molecule has 102 valence electrons. The van der Waals surface area contributed by atoms with E-state index >= 15 is 0 Å². The fraction of sp³-hybridized carbons (Fsp3) is 0.429. The van der Waals surface area contributed by atoms with Gasteiger partial charge < -0.3 is 9.73 Å². The van der Waals surface area contributed by atoms with Crippen LogP contribution >= 0.6 is 15.9 Å². The van der Waals surface area contributed by atoms with Gasteiger partial charge in [0, 0.05) is 17.8 Å². The SMILES string of the molecule is CCCNc1nc(-c2occc2Br)nc(C)c1CC.